The molecule has 0 saturated heterocycles. The second-order valence-corrected chi connectivity index (χ2v) is 3.94. The summed E-state index contributed by atoms with van der Waals surface area (Å²) in [5.41, 5.74) is 0.683. The number of hydrogen-bond acceptors (Lipinski definition) is 2. The number of nitrogens with one attached hydrogen (secondary N) is 2. The zero-order valence-corrected chi connectivity index (χ0v) is 8.82. The molecule has 0 spiro atoms. The number of carbonyl (C=O) groups is 1. The normalized spacial score (nSPS) is 24.1. The van der Waals surface area contributed by atoms with Crippen LogP contribution in [0.3, 0.4) is 0 Å². The largest absolute Gasteiger partial charge is 0.335 e. The van der Waals surface area contributed by atoms with Gasteiger partial charge in [0.2, 0.25) is 0 Å². The second kappa shape index (κ2) is 4.92. The van der Waals surface area contributed by atoms with Gasteiger partial charge in [0.1, 0.15) is 6.17 Å². The van der Waals surface area contributed by atoms with Gasteiger partial charge in [0.05, 0.1) is 0 Å². The summed E-state index contributed by atoms with van der Waals surface area (Å²) in [4.78, 5) is 15.4. The summed E-state index contributed by atoms with van der Waals surface area (Å²) in [6.45, 7) is 0. The minimum atomic E-state index is -0.772. The van der Waals surface area contributed by atoms with Gasteiger partial charge in [-0.05, 0) is 31.4 Å². The smallest absolute Gasteiger partial charge is 0.319 e. The van der Waals surface area contributed by atoms with Crippen LogP contribution in [-0.4, -0.2) is 23.2 Å². The van der Waals surface area contributed by atoms with E-state index in [4.69, 9.17) is 0 Å². The summed E-state index contributed by atoms with van der Waals surface area (Å²) < 4.78 is 12.9. The summed E-state index contributed by atoms with van der Waals surface area (Å²) in [5, 5.41) is 5.42. The molecule has 0 bridgehead atoms. The third kappa shape index (κ3) is 2.92. The average molecular weight is 223 g/mol. The Morgan fingerprint density at radius 1 is 1.38 bits per heavy atom. The molecular formula is C11H14FN3O. The third-order valence-corrected chi connectivity index (χ3v) is 2.64. The Kier molecular flexibility index (Phi) is 3.34. The number of nitrogens with zero attached hydrogens (tertiary/aromatic N) is 1. The van der Waals surface area contributed by atoms with Crippen molar-refractivity contribution in [3.63, 3.8) is 0 Å². The Hall–Kier alpha value is -1.65. The van der Waals surface area contributed by atoms with Crippen molar-refractivity contribution >= 4 is 11.7 Å². The van der Waals surface area contributed by atoms with E-state index in [2.05, 4.69) is 15.6 Å². The van der Waals surface area contributed by atoms with Gasteiger partial charge in [-0.2, -0.15) is 0 Å². The molecule has 1 heterocycles. The number of urea groups is 1. The van der Waals surface area contributed by atoms with E-state index in [1.807, 2.05) is 0 Å². The Morgan fingerprint density at radius 2 is 2.12 bits per heavy atom. The highest BCUT2D eigenvalue weighted by atomic mass is 19.1. The summed E-state index contributed by atoms with van der Waals surface area (Å²) in [6, 6.07) is 3.07. The lowest BCUT2D eigenvalue weighted by Gasteiger charge is -2.12. The molecule has 2 atom stereocenters. The van der Waals surface area contributed by atoms with Gasteiger partial charge >= 0.3 is 6.03 Å². The third-order valence-electron chi connectivity index (χ3n) is 2.64. The molecule has 1 aliphatic rings. The molecule has 0 aliphatic heterocycles. The lowest BCUT2D eigenvalue weighted by atomic mass is 10.2. The average Bonchev–Trinajstić information content (AvgIpc) is 2.65. The van der Waals surface area contributed by atoms with E-state index in [0.29, 0.717) is 24.9 Å². The van der Waals surface area contributed by atoms with Crippen molar-refractivity contribution < 1.29 is 9.18 Å². The van der Waals surface area contributed by atoms with Crippen LogP contribution in [-0.2, 0) is 0 Å². The van der Waals surface area contributed by atoms with Crippen molar-refractivity contribution in [2.75, 3.05) is 5.32 Å². The molecule has 0 aromatic carbocycles. The standard InChI is InChI=1S/C11H14FN3O/c12-8-1-2-10(7-8)15-11(16)14-9-3-5-13-6-4-9/h3-6,8,10H,1-2,7H2,(H2,13,14,15,16)/t8-,10+/m1/s1. The number of hydrogen-bond donors (Lipinski definition) is 2. The number of alkyl halides is 1. The molecule has 86 valence electrons. The molecule has 2 N–H and O–H groups in total. The molecule has 5 heteroatoms. The Bertz CT molecular complexity index is 358. The van der Waals surface area contributed by atoms with Crippen LogP contribution < -0.4 is 10.6 Å². The van der Waals surface area contributed by atoms with Crippen LogP contribution in [0.15, 0.2) is 24.5 Å². The fraction of sp³-hybridized carbons (Fsp3) is 0.455. The fourth-order valence-electron chi connectivity index (χ4n) is 1.85. The van der Waals surface area contributed by atoms with E-state index < -0.39 is 6.17 Å². The molecule has 1 saturated carbocycles. The van der Waals surface area contributed by atoms with Crippen LogP contribution in [0.2, 0.25) is 0 Å². The Balaban J connectivity index is 1.81. The summed E-state index contributed by atoms with van der Waals surface area (Å²) >= 11 is 0. The van der Waals surface area contributed by atoms with Crippen LogP contribution in [0.5, 0.6) is 0 Å². The highest BCUT2D eigenvalue weighted by Gasteiger charge is 2.25. The van der Waals surface area contributed by atoms with E-state index in [1.54, 1.807) is 24.5 Å². The Morgan fingerprint density at radius 3 is 2.75 bits per heavy atom. The van der Waals surface area contributed by atoms with Crippen LogP contribution in [0.4, 0.5) is 14.9 Å². The van der Waals surface area contributed by atoms with Gasteiger partial charge in [-0.1, -0.05) is 0 Å². The van der Waals surface area contributed by atoms with E-state index >= 15 is 0 Å². The first-order chi connectivity index (χ1) is 7.74. The number of pyridine rings is 1. The summed E-state index contributed by atoms with van der Waals surface area (Å²) in [6.07, 6.45) is 4.10. The predicted molar refractivity (Wildman–Crippen MR) is 58.9 cm³/mol. The van der Waals surface area contributed by atoms with Crippen molar-refractivity contribution in [3.8, 4) is 0 Å². The lowest BCUT2D eigenvalue weighted by molar-refractivity contribution is 0.247. The van der Waals surface area contributed by atoms with Crippen LogP contribution >= 0.6 is 0 Å². The molecule has 1 aliphatic carbocycles. The molecule has 0 unspecified atom stereocenters. The lowest BCUT2D eigenvalue weighted by Crippen LogP contribution is -2.36. The maximum absolute atomic E-state index is 12.9. The monoisotopic (exact) mass is 223 g/mol. The molecule has 1 aromatic heterocycles. The number of aromatic nitrogens is 1. The Labute approximate surface area is 93.3 Å². The van der Waals surface area contributed by atoms with Gasteiger partial charge in [-0.25, -0.2) is 9.18 Å². The van der Waals surface area contributed by atoms with Gasteiger partial charge in [-0.15, -0.1) is 0 Å². The molecule has 1 fully saturated rings. The van der Waals surface area contributed by atoms with E-state index in [9.17, 15) is 9.18 Å². The zero-order valence-electron chi connectivity index (χ0n) is 8.82. The number of rotatable bonds is 2. The van der Waals surface area contributed by atoms with Crippen molar-refractivity contribution in [1.29, 1.82) is 0 Å². The van der Waals surface area contributed by atoms with E-state index in [-0.39, 0.29) is 12.1 Å². The van der Waals surface area contributed by atoms with Gasteiger partial charge < -0.3 is 10.6 Å². The van der Waals surface area contributed by atoms with Crippen LogP contribution in [0, 0.1) is 0 Å². The van der Waals surface area contributed by atoms with Gasteiger partial charge in [-0.3, -0.25) is 4.98 Å². The van der Waals surface area contributed by atoms with Crippen molar-refractivity contribution in [1.82, 2.24) is 10.3 Å². The van der Waals surface area contributed by atoms with Crippen LogP contribution in [0.25, 0.3) is 0 Å². The highest BCUT2D eigenvalue weighted by molar-refractivity contribution is 5.89. The van der Waals surface area contributed by atoms with Crippen molar-refractivity contribution in [2.45, 2.75) is 31.5 Å². The highest BCUT2D eigenvalue weighted by Crippen LogP contribution is 2.21. The first kappa shape index (κ1) is 10.9. The van der Waals surface area contributed by atoms with E-state index in [0.717, 1.165) is 0 Å². The minimum Gasteiger partial charge on any atom is -0.335 e. The maximum atomic E-state index is 12.9. The molecule has 4 nitrogen and oxygen atoms in total. The van der Waals surface area contributed by atoms with Crippen molar-refractivity contribution in [3.05, 3.63) is 24.5 Å². The number of carbonyl (C=O) groups excluding carboxylic acids is 1. The number of anilines is 1. The molecule has 2 rings (SSSR count). The summed E-state index contributed by atoms with van der Waals surface area (Å²) in [7, 11) is 0. The zero-order chi connectivity index (χ0) is 11.4. The second-order valence-electron chi connectivity index (χ2n) is 3.94. The first-order valence-corrected chi connectivity index (χ1v) is 5.35. The van der Waals surface area contributed by atoms with Crippen molar-refractivity contribution in [2.24, 2.45) is 0 Å². The van der Waals surface area contributed by atoms with Gasteiger partial charge in [0, 0.05) is 24.1 Å². The van der Waals surface area contributed by atoms with Gasteiger partial charge in [0.15, 0.2) is 0 Å². The number of halogens is 1. The first-order valence-electron chi connectivity index (χ1n) is 5.35. The molecule has 0 radical (unpaired) electrons. The summed E-state index contributed by atoms with van der Waals surface area (Å²) in [5.74, 6) is 0. The molecular weight excluding hydrogens is 209 g/mol. The van der Waals surface area contributed by atoms with Gasteiger partial charge in [0.25, 0.3) is 0 Å². The molecule has 2 amide bonds. The topological polar surface area (TPSA) is 54.0 Å². The number of amides is 2. The fourth-order valence-corrected chi connectivity index (χ4v) is 1.85. The molecule has 16 heavy (non-hydrogen) atoms. The molecule has 1 aromatic rings. The quantitative estimate of drug-likeness (QED) is 0.806. The van der Waals surface area contributed by atoms with Crippen LogP contribution in [0.1, 0.15) is 19.3 Å². The maximum Gasteiger partial charge on any atom is 0.319 e. The predicted octanol–water partition coefficient (Wildman–Crippen LogP) is 2.09. The minimum absolute atomic E-state index is 0.0446. The SMILES string of the molecule is O=C(Nc1ccncc1)N[C@H]1CC[C@@H](F)C1. The van der Waals surface area contributed by atoms with E-state index in [1.165, 1.54) is 0 Å².